The minimum absolute atomic E-state index is 0.274. The van der Waals surface area contributed by atoms with Crippen LogP contribution in [0.5, 0.6) is 0 Å². The molecule has 0 saturated carbocycles. The number of halogens is 1. The summed E-state index contributed by atoms with van der Waals surface area (Å²) >= 11 is 3.33. The van der Waals surface area contributed by atoms with Crippen LogP contribution in [0.4, 0.5) is 0 Å². The van der Waals surface area contributed by atoms with Gasteiger partial charge in [0.1, 0.15) is 0 Å². The molecule has 96 valence electrons. The van der Waals surface area contributed by atoms with Gasteiger partial charge in [-0.3, -0.25) is 0 Å². The average Bonchev–Trinajstić information content (AvgIpc) is 2.29. The third-order valence-electron chi connectivity index (χ3n) is 2.67. The first kappa shape index (κ1) is 14.7. The van der Waals surface area contributed by atoms with Gasteiger partial charge in [0.25, 0.3) is 0 Å². The van der Waals surface area contributed by atoms with E-state index in [2.05, 4.69) is 20.7 Å². The summed E-state index contributed by atoms with van der Waals surface area (Å²) in [5, 5.41) is 0.780. The SMILES string of the molecule is Cc1ccc(S(=O)(=O)NCC(C)CBr)cc1C. The van der Waals surface area contributed by atoms with Gasteiger partial charge in [-0.2, -0.15) is 0 Å². The van der Waals surface area contributed by atoms with Gasteiger partial charge in [-0.1, -0.05) is 28.9 Å². The van der Waals surface area contributed by atoms with Crippen LogP contribution in [0.3, 0.4) is 0 Å². The molecule has 1 atom stereocenters. The highest BCUT2D eigenvalue weighted by Crippen LogP contribution is 2.14. The van der Waals surface area contributed by atoms with E-state index in [9.17, 15) is 8.42 Å². The number of benzene rings is 1. The zero-order valence-electron chi connectivity index (χ0n) is 10.3. The standard InChI is InChI=1S/C12H18BrNO2S/c1-9(7-13)8-14-17(15,16)12-5-4-10(2)11(3)6-12/h4-6,9,14H,7-8H2,1-3H3. The van der Waals surface area contributed by atoms with Crippen molar-refractivity contribution in [2.45, 2.75) is 25.7 Å². The second-order valence-corrected chi connectivity index (χ2v) is 6.77. The van der Waals surface area contributed by atoms with Crippen molar-refractivity contribution in [1.82, 2.24) is 4.72 Å². The van der Waals surface area contributed by atoms with Crippen molar-refractivity contribution in [1.29, 1.82) is 0 Å². The van der Waals surface area contributed by atoms with Gasteiger partial charge in [-0.15, -0.1) is 0 Å². The molecule has 3 nitrogen and oxygen atoms in total. The monoisotopic (exact) mass is 319 g/mol. The van der Waals surface area contributed by atoms with Gasteiger partial charge in [0.05, 0.1) is 4.90 Å². The van der Waals surface area contributed by atoms with Gasteiger partial charge >= 0.3 is 0 Å². The number of hydrogen-bond acceptors (Lipinski definition) is 2. The highest BCUT2D eigenvalue weighted by atomic mass is 79.9. The van der Waals surface area contributed by atoms with Crippen molar-refractivity contribution in [3.05, 3.63) is 29.3 Å². The molecule has 0 amide bonds. The maximum absolute atomic E-state index is 12.0. The van der Waals surface area contributed by atoms with Crippen molar-refractivity contribution in [3.63, 3.8) is 0 Å². The number of hydrogen-bond donors (Lipinski definition) is 1. The summed E-state index contributed by atoms with van der Waals surface area (Å²) in [6.07, 6.45) is 0. The Labute approximate surface area is 112 Å². The molecule has 0 aromatic heterocycles. The Kier molecular flexibility index (Phi) is 5.16. The lowest BCUT2D eigenvalue weighted by molar-refractivity contribution is 0.563. The van der Waals surface area contributed by atoms with Crippen LogP contribution in [0.1, 0.15) is 18.1 Å². The largest absolute Gasteiger partial charge is 0.240 e. The maximum Gasteiger partial charge on any atom is 0.240 e. The molecule has 17 heavy (non-hydrogen) atoms. The molecule has 0 aliphatic heterocycles. The van der Waals surface area contributed by atoms with Crippen molar-refractivity contribution in [2.24, 2.45) is 5.92 Å². The quantitative estimate of drug-likeness (QED) is 0.848. The minimum Gasteiger partial charge on any atom is -0.211 e. The fourth-order valence-electron chi connectivity index (χ4n) is 1.27. The number of sulfonamides is 1. The highest BCUT2D eigenvalue weighted by Gasteiger charge is 2.15. The number of nitrogens with one attached hydrogen (secondary N) is 1. The van der Waals surface area contributed by atoms with E-state index < -0.39 is 10.0 Å². The predicted octanol–water partition coefficient (Wildman–Crippen LogP) is 2.61. The first-order valence-corrected chi connectivity index (χ1v) is 8.10. The summed E-state index contributed by atoms with van der Waals surface area (Å²) in [5.41, 5.74) is 2.08. The smallest absolute Gasteiger partial charge is 0.211 e. The Bertz CT molecular complexity index is 485. The lowest BCUT2D eigenvalue weighted by atomic mass is 10.1. The highest BCUT2D eigenvalue weighted by molar-refractivity contribution is 9.09. The molecule has 0 spiro atoms. The van der Waals surface area contributed by atoms with Crippen LogP contribution in [-0.2, 0) is 10.0 Å². The number of aryl methyl sites for hydroxylation is 2. The van der Waals surface area contributed by atoms with E-state index in [0.717, 1.165) is 16.5 Å². The Hall–Kier alpha value is -0.390. The maximum atomic E-state index is 12.0. The number of alkyl halides is 1. The van der Waals surface area contributed by atoms with Crippen molar-refractivity contribution < 1.29 is 8.42 Å². The molecule has 1 aromatic carbocycles. The fraction of sp³-hybridized carbons (Fsp3) is 0.500. The molecule has 0 aliphatic rings. The molecule has 0 fully saturated rings. The van der Waals surface area contributed by atoms with Crippen molar-refractivity contribution in [3.8, 4) is 0 Å². The van der Waals surface area contributed by atoms with Crippen LogP contribution in [0, 0.1) is 19.8 Å². The van der Waals surface area contributed by atoms with Gasteiger partial charge in [-0.25, -0.2) is 13.1 Å². The zero-order chi connectivity index (χ0) is 13.1. The molecule has 0 heterocycles. The summed E-state index contributed by atoms with van der Waals surface area (Å²) in [5.74, 6) is 0.274. The normalized spacial score (nSPS) is 13.6. The lowest BCUT2D eigenvalue weighted by Crippen LogP contribution is -2.29. The van der Waals surface area contributed by atoms with Crippen LogP contribution < -0.4 is 4.72 Å². The van der Waals surface area contributed by atoms with Gasteiger partial charge in [-0.05, 0) is 43.0 Å². The predicted molar refractivity (Wildman–Crippen MR) is 74.1 cm³/mol. The van der Waals surface area contributed by atoms with E-state index in [1.54, 1.807) is 12.1 Å². The van der Waals surface area contributed by atoms with Crippen LogP contribution in [-0.4, -0.2) is 20.3 Å². The van der Waals surface area contributed by atoms with Crippen molar-refractivity contribution >= 4 is 26.0 Å². The summed E-state index contributed by atoms with van der Waals surface area (Å²) in [4.78, 5) is 0.336. The number of rotatable bonds is 5. The third kappa shape index (κ3) is 4.08. The Morgan fingerprint density at radius 1 is 1.29 bits per heavy atom. The molecule has 1 N–H and O–H groups in total. The van der Waals surface area contributed by atoms with Crippen LogP contribution >= 0.6 is 15.9 Å². The molecule has 1 unspecified atom stereocenters. The van der Waals surface area contributed by atoms with Gasteiger partial charge in [0.15, 0.2) is 0 Å². The molecule has 0 radical (unpaired) electrons. The fourth-order valence-corrected chi connectivity index (χ4v) is 2.75. The summed E-state index contributed by atoms with van der Waals surface area (Å²) in [7, 11) is -3.38. The lowest BCUT2D eigenvalue weighted by Gasteiger charge is -2.11. The topological polar surface area (TPSA) is 46.2 Å². The summed E-state index contributed by atoms with van der Waals surface area (Å²) < 4.78 is 26.6. The Morgan fingerprint density at radius 2 is 1.94 bits per heavy atom. The average molecular weight is 320 g/mol. The molecule has 0 aliphatic carbocycles. The van der Waals surface area contributed by atoms with Gasteiger partial charge in [0.2, 0.25) is 10.0 Å². The minimum atomic E-state index is -3.38. The second kappa shape index (κ2) is 5.98. The zero-order valence-corrected chi connectivity index (χ0v) is 12.7. The molecule has 5 heteroatoms. The molecule has 1 rings (SSSR count). The molecule has 1 aromatic rings. The molecular weight excluding hydrogens is 302 g/mol. The van der Waals surface area contributed by atoms with Crippen LogP contribution in [0.25, 0.3) is 0 Å². The first-order chi connectivity index (χ1) is 7.86. The van der Waals surface area contributed by atoms with Gasteiger partial charge < -0.3 is 0 Å². The van der Waals surface area contributed by atoms with Crippen LogP contribution in [0.15, 0.2) is 23.1 Å². The molecule has 0 bridgehead atoms. The van der Waals surface area contributed by atoms with Crippen LogP contribution in [0.2, 0.25) is 0 Å². The van der Waals surface area contributed by atoms with Gasteiger partial charge in [0, 0.05) is 11.9 Å². The van der Waals surface area contributed by atoms with E-state index >= 15 is 0 Å². The Balaban J connectivity index is 2.86. The van der Waals surface area contributed by atoms with E-state index in [1.165, 1.54) is 0 Å². The summed E-state index contributed by atoms with van der Waals surface area (Å²) in [6, 6.07) is 5.18. The molecule has 0 saturated heterocycles. The first-order valence-electron chi connectivity index (χ1n) is 5.49. The third-order valence-corrected chi connectivity index (χ3v) is 5.20. The Morgan fingerprint density at radius 3 is 2.47 bits per heavy atom. The van der Waals surface area contributed by atoms with E-state index in [4.69, 9.17) is 0 Å². The summed E-state index contributed by atoms with van der Waals surface area (Å²) in [6.45, 7) is 6.31. The van der Waals surface area contributed by atoms with E-state index in [0.29, 0.717) is 11.4 Å². The molecular formula is C12H18BrNO2S. The van der Waals surface area contributed by atoms with E-state index in [1.807, 2.05) is 26.8 Å². The van der Waals surface area contributed by atoms with E-state index in [-0.39, 0.29) is 5.92 Å². The second-order valence-electron chi connectivity index (χ2n) is 4.36. The van der Waals surface area contributed by atoms with Crippen molar-refractivity contribution in [2.75, 3.05) is 11.9 Å².